The molecular weight excluding hydrogens is 314 g/mol. The van der Waals surface area contributed by atoms with Crippen LogP contribution in [-0.2, 0) is 22.6 Å². The molecule has 0 radical (unpaired) electrons. The highest BCUT2D eigenvalue weighted by Gasteiger charge is 2.43. The summed E-state index contributed by atoms with van der Waals surface area (Å²) in [7, 11) is 0. The van der Waals surface area contributed by atoms with E-state index in [1.807, 2.05) is 42.9 Å². The third kappa shape index (κ3) is 4.24. The van der Waals surface area contributed by atoms with Crippen molar-refractivity contribution in [3.8, 4) is 0 Å². The molecule has 132 valence electrons. The average molecular weight is 339 g/mol. The quantitative estimate of drug-likeness (QED) is 0.838. The number of aromatic nitrogens is 2. The minimum atomic E-state index is -0.0464. The number of likely N-dealkylation sites (tertiary alicyclic amines) is 1. The summed E-state index contributed by atoms with van der Waals surface area (Å²) in [6, 6.07) is 10.1. The van der Waals surface area contributed by atoms with Crippen molar-refractivity contribution in [3.63, 3.8) is 0 Å². The zero-order chi connectivity index (χ0) is 17.0. The third-order valence-corrected chi connectivity index (χ3v) is 5.12. The van der Waals surface area contributed by atoms with Gasteiger partial charge in [0, 0.05) is 38.1 Å². The van der Waals surface area contributed by atoms with Crippen molar-refractivity contribution in [2.24, 2.45) is 0 Å². The fourth-order valence-electron chi connectivity index (χ4n) is 3.96. The summed E-state index contributed by atoms with van der Waals surface area (Å²) >= 11 is 0. The van der Waals surface area contributed by atoms with Crippen LogP contribution in [0.25, 0.3) is 0 Å². The fraction of sp³-hybridized carbons (Fsp3) is 0.500. The predicted octanol–water partition coefficient (Wildman–Crippen LogP) is 2.82. The monoisotopic (exact) mass is 339 g/mol. The van der Waals surface area contributed by atoms with Gasteiger partial charge in [-0.15, -0.1) is 0 Å². The van der Waals surface area contributed by atoms with E-state index >= 15 is 0 Å². The summed E-state index contributed by atoms with van der Waals surface area (Å²) in [5.41, 5.74) is 2.20. The summed E-state index contributed by atoms with van der Waals surface area (Å²) in [6.07, 6.45) is 9.03. The van der Waals surface area contributed by atoms with Gasteiger partial charge in [-0.3, -0.25) is 14.9 Å². The lowest BCUT2D eigenvalue weighted by atomic mass is 9.89. The Labute approximate surface area is 149 Å². The Balaban J connectivity index is 1.31. The number of hydrogen-bond donors (Lipinski definition) is 0. The predicted molar refractivity (Wildman–Crippen MR) is 94.9 cm³/mol. The summed E-state index contributed by atoms with van der Waals surface area (Å²) in [6.45, 7) is 4.29. The standard InChI is InChI=1S/C20H25N3O2/c1-2-9-22-18(6-1)14-24-19-11-20(25-15-19)7-4-10-23(16-20)13-17-5-3-8-21-12-17/h1-3,5-6,8-9,12,19H,4,7,10-11,13-16H2/t19-,20-/m0/s1. The first-order valence-electron chi connectivity index (χ1n) is 9.08. The van der Waals surface area contributed by atoms with Gasteiger partial charge in [-0.25, -0.2) is 0 Å². The Kier molecular flexibility index (Phi) is 5.06. The molecule has 25 heavy (non-hydrogen) atoms. The lowest BCUT2D eigenvalue weighted by molar-refractivity contribution is -0.0548. The summed E-state index contributed by atoms with van der Waals surface area (Å²) in [4.78, 5) is 11.0. The van der Waals surface area contributed by atoms with Crippen LogP contribution in [0.5, 0.6) is 0 Å². The highest BCUT2D eigenvalue weighted by molar-refractivity contribution is 5.09. The van der Waals surface area contributed by atoms with Gasteiger partial charge in [0.25, 0.3) is 0 Å². The van der Waals surface area contributed by atoms with Crippen LogP contribution in [0.4, 0.5) is 0 Å². The maximum Gasteiger partial charge on any atom is 0.0892 e. The molecule has 0 amide bonds. The molecule has 0 N–H and O–H groups in total. The topological polar surface area (TPSA) is 47.5 Å². The number of ether oxygens (including phenoxy) is 2. The Morgan fingerprint density at radius 3 is 3.08 bits per heavy atom. The van der Waals surface area contributed by atoms with Crippen molar-refractivity contribution in [3.05, 3.63) is 60.2 Å². The fourth-order valence-corrected chi connectivity index (χ4v) is 3.96. The Hall–Kier alpha value is -1.82. The molecule has 0 unspecified atom stereocenters. The minimum absolute atomic E-state index is 0.0464. The van der Waals surface area contributed by atoms with E-state index < -0.39 is 0 Å². The van der Waals surface area contributed by atoms with E-state index in [1.54, 1.807) is 0 Å². The number of nitrogens with zero attached hydrogens (tertiary/aromatic N) is 3. The zero-order valence-electron chi connectivity index (χ0n) is 14.5. The lowest BCUT2D eigenvalue weighted by Gasteiger charge is -2.39. The van der Waals surface area contributed by atoms with Crippen LogP contribution in [0.3, 0.4) is 0 Å². The lowest BCUT2D eigenvalue weighted by Crippen LogP contribution is -2.47. The van der Waals surface area contributed by atoms with E-state index in [1.165, 1.54) is 12.0 Å². The van der Waals surface area contributed by atoms with Crippen LogP contribution in [-0.4, -0.2) is 46.3 Å². The van der Waals surface area contributed by atoms with E-state index in [0.29, 0.717) is 13.2 Å². The first-order valence-corrected chi connectivity index (χ1v) is 9.08. The van der Waals surface area contributed by atoms with Crippen molar-refractivity contribution >= 4 is 0 Å². The molecule has 2 atom stereocenters. The molecule has 2 fully saturated rings. The smallest absolute Gasteiger partial charge is 0.0892 e. The molecule has 4 rings (SSSR count). The van der Waals surface area contributed by atoms with Gasteiger partial charge in [0.05, 0.1) is 30.6 Å². The molecule has 0 saturated carbocycles. The van der Waals surface area contributed by atoms with Gasteiger partial charge in [0.1, 0.15) is 0 Å². The molecule has 5 heteroatoms. The van der Waals surface area contributed by atoms with Gasteiger partial charge in [0.2, 0.25) is 0 Å². The van der Waals surface area contributed by atoms with Crippen LogP contribution in [0.15, 0.2) is 48.9 Å². The van der Waals surface area contributed by atoms with E-state index in [4.69, 9.17) is 9.47 Å². The highest BCUT2D eigenvalue weighted by Crippen LogP contribution is 2.36. The van der Waals surface area contributed by atoms with Gasteiger partial charge in [-0.2, -0.15) is 0 Å². The Bertz CT molecular complexity index is 667. The molecule has 0 aliphatic carbocycles. The second kappa shape index (κ2) is 7.60. The molecule has 2 aliphatic rings. The first kappa shape index (κ1) is 16.6. The molecule has 5 nitrogen and oxygen atoms in total. The molecule has 0 aromatic carbocycles. The molecule has 2 aromatic heterocycles. The zero-order valence-corrected chi connectivity index (χ0v) is 14.5. The SMILES string of the molecule is c1ccc(CO[C@@H]2CO[C@@]3(CCCN(Cc4cccnc4)C3)C2)nc1. The maximum absolute atomic E-state index is 6.25. The van der Waals surface area contributed by atoms with Crippen molar-refractivity contribution in [1.82, 2.24) is 14.9 Å². The first-order chi connectivity index (χ1) is 12.3. The van der Waals surface area contributed by atoms with E-state index in [-0.39, 0.29) is 11.7 Å². The van der Waals surface area contributed by atoms with Gasteiger partial charge >= 0.3 is 0 Å². The van der Waals surface area contributed by atoms with Crippen molar-refractivity contribution in [2.75, 3.05) is 19.7 Å². The van der Waals surface area contributed by atoms with E-state index in [0.717, 1.165) is 38.2 Å². The normalized spacial score (nSPS) is 27.0. The molecule has 2 aromatic rings. The molecule has 0 bridgehead atoms. The molecule has 4 heterocycles. The second-order valence-electron chi connectivity index (χ2n) is 7.13. The number of pyridine rings is 2. The van der Waals surface area contributed by atoms with Crippen molar-refractivity contribution in [2.45, 2.75) is 44.1 Å². The molecular formula is C20H25N3O2. The van der Waals surface area contributed by atoms with Gasteiger partial charge in [-0.05, 0) is 43.1 Å². The summed E-state index contributed by atoms with van der Waals surface area (Å²) < 4.78 is 12.3. The molecule has 2 saturated heterocycles. The Morgan fingerprint density at radius 1 is 1.24 bits per heavy atom. The minimum Gasteiger partial charge on any atom is -0.371 e. The van der Waals surface area contributed by atoms with E-state index in [9.17, 15) is 0 Å². The van der Waals surface area contributed by atoms with Crippen LogP contribution in [0, 0.1) is 0 Å². The number of hydrogen-bond acceptors (Lipinski definition) is 5. The second-order valence-corrected chi connectivity index (χ2v) is 7.13. The summed E-state index contributed by atoms with van der Waals surface area (Å²) in [5.74, 6) is 0. The summed E-state index contributed by atoms with van der Waals surface area (Å²) in [5, 5.41) is 0. The van der Waals surface area contributed by atoms with Gasteiger partial charge in [0.15, 0.2) is 0 Å². The molecule has 1 spiro atoms. The van der Waals surface area contributed by atoms with E-state index in [2.05, 4.69) is 20.9 Å². The third-order valence-electron chi connectivity index (χ3n) is 5.12. The number of rotatable bonds is 5. The van der Waals surface area contributed by atoms with Gasteiger partial charge < -0.3 is 9.47 Å². The van der Waals surface area contributed by atoms with Gasteiger partial charge in [-0.1, -0.05) is 12.1 Å². The van der Waals surface area contributed by atoms with Crippen molar-refractivity contribution < 1.29 is 9.47 Å². The average Bonchev–Trinajstić information content (AvgIpc) is 3.04. The maximum atomic E-state index is 6.25. The highest BCUT2D eigenvalue weighted by atomic mass is 16.6. The van der Waals surface area contributed by atoms with Crippen molar-refractivity contribution in [1.29, 1.82) is 0 Å². The van der Waals surface area contributed by atoms with Crippen LogP contribution >= 0.6 is 0 Å². The van der Waals surface area contributed by atoms with Crippen LogP contribution in [0.2, 0.25) is 0 Å². The largest absolute Gasteiger partial charge is 0.371 e. The number of piperidine rings is 1. The van der Waals surface area contributed by atoms with Crippen LogP contribution < -0.4 is 0 Å². The Morgan fingerprint density at radius 2 is 2.24 bits per heavy atom. The van der Waals surface area contributed by atoms with Crippen LogP contribution in [0.1, 0.15) is 30.5 Å². The molecule has 2 aliphatic heterocycles.